The Morgan fingerprint density at radius 1 is 1.00 bits per heavy atom. The van der Waals surface area contributed by atoms with Crippen molar-refractivity contribution in [2.75, 3.05) is 11.9 Å². The van der Waals surface area contributed by atoms with Crippen LogP contribution in [-0.4, -0.2) is 29.6 Å². The second-order valence-corrected chi connectivity index (χ2v) is 6.96. The fourth-order valence-electron chi connectivity index (χ4n) is 2.85. The minimum absolute atomic E-state index is 0.116. The maximum atomic E-state index is 12.2. The van der Waals surface area contributed by atoms with Gasteiger partial charge in [-0.3, -0.25) is 9.59 Å². The lowest BCUT2D eigenvalue weighted by molar-refractivity contribution is -0.141. The van der Waals surface area contributed by atoms with Crippen LogP contribution in [0.5, 0.6) is 5.75 Å². The van der Waals surface area contributed by atoms with Gasteiger partial charge in [0, 0.05) is 5.69 Å². The number of rotatable bonds is 13. The number of carbonyl (C=O) groups is 2. The summed E-state index contributed by atoms with van der Waals surface area (Å²) in [6.45, 7) is 3.19. The van der Waals surface area contributed by atoms with E-state index in [1.807, 2.05) is 30.3 Å². The van der Waals surface area contributed by atoms with Gasteiger partial charge in [-0.25, -0.2) is 0 Å². The molecule has 3 N–H and O–H groups in total. The molecule has 0 fully saturated rings. The molecule has 0 aliphatic heterocycles. The van der Waals surface area contributed by atoms with Crippen LogP contribution in [0.2, 0.25) is 0 Å². The highest BCUT2D eigenvalue weighted by atomic mass is 16.5. The molecule has 1 amide bonds. The number of hydrogen-bond donors (Lipinski definition) is 3. The van der Waals surface area contributed by atoms with Crippen LogP contribution in [0.25, 0.3) is 0 Å². The van der Waals surface area contributed by atoms with Crippen molar-refractivity contribution in [1.82, 2.24) is 5.32 Å². The first-order valence-corrected chi connectivity index (χ1v) is 10.1. The topological polar surface area (TPSA) is 87.7 Å². The Bertz CT molecular complexity index is 747. The van der Waals surface area contributed by atoms with Crippen molar-refractivity contribution in [2.45, 2.75) is 51.7 Å². The lowest BCUT2D eigenvalue weighted by Gasteiger charge is -2.14. The summed E-state index contributed by atoms with van der Waals surface area (Å²) in [6, 6.07) is 16.0. The van der Waals surface area contributed by atoms with E-state index in [1.54, 1.807) is 24.3 Å². The highest BCUT2D eigenvalue weighted by Gasteiger charge is 2.20. The number of carboxylic acid groups (broad SMARTS) is 1. The number of ether oxygens (including phenoxy) is 1. The van der Waals surface area contributed by atoms with Crippen molar-refractivity contribution in [3.63, 3.8) is 0 Å². The molecule has 2 aromatic carbocycles. The van der Waals surface area contributed by atoms with Crippen LogP contribution < -0.4 is 15.4 Å². The van der Waals surface area contributed by atoms with Crippen LogP contribution in [0.15, 0.2) is 54.6 Å². The zero-order chi connectivity index (χ0) is 20.9. The van der Waals surface area contributed by atoms with Gasteiger partial charge in [-0.2, -0.15) is 0 Å². The van der Waals surface area contributed by atoms with E-state index < -0.39 is 12.0 Å². The molecule has 2 aromatic rings. The monoisotopic (exact) mass is 398 g/mol. The molecule has 2 rings (SSSR count). The zero-order valence-corrected chi connectivity index (χ0v) is 16.9. The molecule has 0 bridgehead atoms. The first-order valence-electron chi connectivity index (χ1n) is 10.1. The van der Waals surface area contributed by atoms with Crippen molar-refractivity contribution in [2.24, 2.45) is 0 Å². The summed E-state index contributed by atoms with van der Waals surface area (Å²) in [6.07, 6.45) is 4.10. The normalized spacial score (nSPS) is 11.6. The lowest BCUT2D eigenvalue weighted by atomic mass is 10.1. The largest absolute Gasteiger partial charge is 0.489 e. The number of benzene rings is 2. The van der Waals surface area contributed by atoms with Gasteiger partial charge in [-0.15, -0.1) is 0 Å². The molecule has 1 atom stereocenters. The Balaban J connectivity index is 1.77. The van der Waals surface area contributed by atoms with Crippen LogP contribution in [0.1, 0.15) is 44.6 Å². The van der Waals surface area contributed by atoms with Gasteiger partial charge in [0.15, 0.2) is 0 Å². The molecule has 29 heavy (non-hydrogen) atoms. The maximum Gasteiger partial charge on any atom is 0.321 e. The molecule has 0 aliphatic carbocycles. The summed E-state index contributed by atoms with van der Waals surface area (Å²) in [5, 5.41) is 15.0. The number of unbranched alkanes of at least 4 members (excludes halogenated alkanes) is 3. The predicted octanol–water partition coefficient (Wildman–Crippen LogP) is 4.22. The molecular weight excluding hydrogens is 368 g/mol. The van der Waals surface area contributed by atoms with E-state index in [2.05, 4.69) is 17.6 Å². The molecule has 0 aromatic heterocycles. The maximum absolute atomic E-state index is 12.2. The van der Waals surface area contributed by atoms with Crippen LogP contribution in [0.3, 0.4) is 0 Å². The molecule has 0 saturated carbocycles. The summed E-state index contributed by atoms with van der Waals surface area (Å²) < 4.78 is 5.72. The van der Waals surface area contributed by atoms with E-state index in [9.17, 15) is 14.7 Å². The molecule has 0 saturated heterocycles. The number of anilines is 1. The van der Waals surface area contributed by atoms with Crippen molar-refractivity contribution < 1.29 is 19.4 Å². The van der Waals surface area contributed by atoms with Crippen LogP contribution in [0.4, 0.5) is 5.69 Å². The molecule has 0 aliphatic rings. The Hall–Kier alpha value is -2.86. The van der Waals surface area contributed by atoms with E-state index in [0.29, 0.717) is 24.6 Å². The zero-order valence-electron chi connectivity index (χ0n) is 16.9. The second kappa shape index (κ2) is 12.6. The molecule has 0 spiro atoms. The highest BCUT2D eigenvalue weighted by molar-refractivity contribution is 5.94. The van der Waals surface area contributed by atoms with Crippen molar-refractivity contribution in [3.05, 3.63) is 60.2 Å². The third kappa shape index (κ3) is 8.79. The van der Waals surface area contributed by atoms with E-state index in [0.717, 1.165) is 31.2 Å². The Labute approximate surface area is 172 Å². The van der Waals surface area contributed by atoms with Gasteiger partial charge in [0.1, 0.15) is 18.4 Å². The van der Waals surface area contributed by atoms with Gasteiger partial charge in [0.2, 0.25) is 5.91 Å². The Morgan fingerprint density at radius 2 is 1.72 bits per heavy atom. The summed E-state index contributed by atoms with van der Waals surface area (Å²) in [5.74, 6) is -0.652. The van der Waals surface area contributed by atoms with E-state index >= 15 is 0 Å². The number of amides is 1. The van der Waals surface area contributed by atoms with Crippen molar-refractivity contribution in [1.29, 1.82) is 0 Å². The molecular formula is C23H30N2O4. The average molecular weight is 399 g/mol. The number of carboxylic acids is 1. The fraction of sp³-hybridized carbons (Fsp3) is 0.391. The van der Waals surface area contributed by atoms with Gasteiger partial charge in [-0.1, -0.05) is 56.5 Å². The SMILES string of the molecule is CCCCCCNC(CC(=O)Nc1ccc(OCc2ccccc2)cc1)C(=O)O. The first-order chi connectivity index (χ1) is 14.1. The first kappa shape index (κ1) is 22.4. The van der Waals surface area contributed by atoms with Crippen molar-refractivity contribution >= 4 is 17.6 Å². The van der Waals surface area contributed by atoms with E-state index in [-0.39, 0.29) is 12.3 Å². The third-order valence-electron chi connectivity index (χ3n) is 4.50. The molecule has 6 nitrogen and oxygen atoms in total. The Morgan fingerprint density at radius 3 is 2.38 bits per heavy atom. The van der Waals surface area contributed by atoms with Gasteiger partial charge in [-0.05, 0) is 42.8 Å². The quantitative estimate of drug-likeness (QED) is 0.440. The van der Waals surface area contributed by atoms with Gasteiger partial charge < -0.3 is 20.5 Å². The summed E-state index contributed by atoms with van der Waals surface area (Å²) in [7, 11) is 0. The Kier molecular flexibility index (Phi) is 9.72. The third-order valence-corrected chi connectivity index (χ3v) is 4.50. The van der Waals surface area contributed by atoms with Crippen LogP contribution >= 0.6 is 0 Å². The number of carbonyl (C=O) groups excluding carboxylic acids is 1. The van der Waals surface area contributed by atoms with Crippen molar-refractivity contribution in [3.8, 4) is 5.75 Å². The summed E-state index contributed by atoms with van der Waals surface area (Å²) in [5.41, 5.74) is 1.68. The number of hydrogen-bond acceptors (Lipinski definition) is 4. The van der Waals surface area contributed by atoms with E-state index in [1.165, 1.54) is 0 Å². The van der Waals surface area contributed by atoms with Gasteiger partial charge >= 0.3 is 5.97 Å². The van der Waals surface area contributed by atoms with Crippen LogP contribution in [0, 0.1) is 0 Å². The predicted molar refractivity (Wildman–Crippen MR) is 114 cm³/mol. The molecule has 0 heterocycles. The molecule has 0 radical (unpaired) electrons. The fourth-order valence-corrected chi connectivity index (χ4v) is 2.85. The smallest absolute Gasteiger partial charge is 0.321 e. The van der Waals surface area contributed by atoms with Crippen LogP contribution in [-0.2, 0) is 16.2 Å². The lowest BCUT2D eigenvalue weighted by Crippen LogP contribution is -2.40. The van der Waals surface area contributed by atoms with Gasteiger partial charge in [0.05, 0.1) is 6.42 Å². The number of aliphatic carboxylic acids is 1. The second-order valence-electron chi connectivity index (χ2n) is 6.96. The average Bonchev–Trinajstić information content (AvgIpc) is 2.73. The molecule has 6 heteroatoms. The minimum atomic E-state index is -1.01. The molecule has 1 unspecified atom stereocenters. The highest BCUT2D eigenvalue weighted by Crippen LogP contribution is 2.17. The number of nitrogens with one attached hydrogen (secondary N) is 2. The minimum Gasteiger partial charge on any atom is -0.489 e. The summed E-state index contributed by atoms with van der Waals surface area (Å²) >= 11 is 0. The van der Waals surface area contributed by atoms with Gasteiger partial charge in [0.25, 0.3) is 0 Å². The van der Waals surface area contributed by atoms with E-state index in [4.69, 9.17) is 4.74 Å². The molecule has 156 valence electrons. The summed E-state index contributed by atoms with van der Waals surface area (Å²) in [4.78, 5) is 23.6. The standard InChI is InChI=1S/C23H30N2O4/c1-2-3-4-8-15-24-21(23(27)28)16-22(26)25-19-11-13-20(14-12-19)29-17-18-9-6-5-7-10-18/h5-7,9-14,21,24H,2-4,8,15-17H2,1H3,(H,25,26)(H,27,28).